The van der Waals surface area contributed by atoms with E-state index in [0.29, 0.717) is 30.3 Å². The summed E-state index contributed by atoms with van der Waals surface area (Å²) in [5, 5.41) is 3.23. The summed E-state index contributed by atoms with van der Waals surface area (Å²) in [6, 6.07) is 7.77. The molecular weight excluding hydrogens is 412 g/mol. The summed E-state index contributed by atoms with van der Waals surface area (Å²) in [6.07, 6.45) is 4.68. The number of hydrogen-bond donors (Lipinski definition) is 1. The zero-order chi connectivity index (χ0) is 22.0. The highest BCUT2D eigenvalue weighted by Gasteiger charge is 2.46. The fraction of sp³-hybridized carbons (Fsp3) is 0.625. The van der Waals surface area contributed by atoms with Crippen LogP contribution in [0, 0.1) is 11.8 Å². The Bertz CT molecular complexity index is 841. The third kappa shape index (κ3) is 4.60. The first-order valence-electron chi connectivity index (χ1n) is 11.2. The Morgan fingerprint density at radius 2 is 1.94 bits per heavy atom. The van der Waals surface area contributed by atoms with Gasteiger partial charge in [-0.2, -0.15) is 0 Å². The van der Waals surface area contributed by atoms with E-state index in [-0.39, 0.29) is 17.7 Å². The quantitative estimate of drug-likeness (QED) is 0.514. The molecule has 7 heteroatoms. The van der Waals surface area contributed by atoms with Gasteiger partial charge in [-0.05, 0) is 49.1 Å². The molecule has 4 rings (SSSR count). The number of Topliss-reactive ketones (excluding diaryl/α,β-unsaturated/α-hetero) is 1. The smallest absolute Gasteiger partial charge is 0.241 e. The van der Waals surface area contributed by atoms with Crippen molar-refractivity contribution in [3.05, 3.63) is 35.4 Å². The number of nitrogens with one attached hydrogen (secondary N) is 1. The summed E-state index contributed by atoms with van der Waals surface area (Å²) in [4.78, 5) is 29.3. The van der Waals surface area contributed by atoms with Crippen molar-refractivity contribution in [1.29, 1.82) is 0 Å². The minimum absolute atomic E-state index is 0.0613. The minimum atomic E-state index is -0.578. The molecule has 1 aromatic carbocycles. The molecule has 2 saturated heterocycles. The molecule has 4 atom stereocenters. The third-order valence-electron chi connectivity index (χ3n) is 7.09. The molecule has 168 valence electrons. The van der Waals surface area contributed by atoms with Crippen molar-refractivity contribution < 1.29 is 19.1 Å². The molecule has 0 radical (unpaired) electrons. The first-order valence-corrected chi connectivity index (χ1v) is 11.7. The third-order valence-corrected chi connectivity index (χ3v) is 7.49. The molecule has 2 aliphatic heterocycles. The van der Waals surface area contributed by atoms with E-state index in [4.69, 9.17) is 21.7 Å². The average molecular weight is 445 g/mol. The number of ketones is 1. The van der Waals surface area contributed by atoms with E-state index >= 15 is 0 Å². The predicted molar refractivity (Wildman–Crippen MR) is 122 cm³/mol. The number of ether oxygens (including phenoxy) is 2. The Kier molecular flexibility index (Phi) is 7.16. The predicted octanol–water partition coefficient (Wildman–Crippen LogP) is 2.32. The van der Waals surface area contributed by atoms with Crippen LogP contribution >= 0.6 is 12.2 Å². The van der Waals surface area contributed by atoms with Crippen molar-refractivity contribution in [3.63, 3.8) is 0 Å². The lowest BCUT2D eigenvalue weighted by atomic mass is 9.79. The van der Waals surface area contributed by atoms with E-state index in [9.17, 15) is 9.59 Å². The highest BCUT2D eigenvalue weighted by atomic mass is 32.1. The van der Waals surface area contributed by atoms with E-state index in [2.05, 4.69) is 29.6 Å². The molecule has 0 aromatic heterocycles. The van der Waals surface area contributed by atoms with Gasteiger partial charge in [-0.3, -0.25) is 9.59 Å². The maximum absolute atomic E-state index is 13.5. The van der Waals surface area contributed by atoms with Gasteiger partial charge in [-0.1, -0.05) is 36.5 Å². The van der Waals surface area contributed by atoms with Crippen LogP contribution in [0.3, 0.4) is 0 Å². The Morgan fingerprint density at radius 3 is 2.68 bits per heavy atom. The number of benzene rings is 1. The van der Waals surface area contributed by atoms with Crippen LogP contribution in [0.1, 0.15) is 36.8 Å². The average Bonchev–Trinajstić information content (AvgIpc) is 3.41. The number of methoxy groups -OCH3 is 2. The maximum atomic E-state index is 13.5. The van der Waals surface area contributed by atoms with Crippen LogP contribution in [0.25, 0.3) is 0 Å². The summed E-state index contributed by atoms with van der Waals surface area (Å²) in [5.74, 6) is -0.172. The zero-order valence-electron chi connectivity index (χ0n) is 18.3. The molecule has 3 aliphatic rings. The molecule has 31 heavy (non-hydrogen) atoms. The molecule has 0 spiro atoms. The van der Waals surface area contributed by atoms with Crippen LogP contribution in [0.4, 0.5) is 0 Å². The van der Waals surface area contributed by atoms with Crippen molar-refractivity contribution >= 4 is 28.8 Å². The fourth-order valence-electron chi connectivity index (χ4n) is 5.52. The van der Waals surface area contributed by atoms with E-state index in [1.807, 2.05) is 4.90 Å². The van der Waals surface area contributed by atoms with Crippen LogP contribution in [-0.2, 0) is 31.9 Å². The number of amides is 1. The van der Waals surface area contributed by atoms with Crippen LogP contribution in [0.2, 0.25) is 0 Å². The topological polar surface area (TPSA) is 67.9 Å². The molecule has 0 bridgehead atoms. The van der Waals surface area contributed by atoms with Crippen molar-refractivity contribution in [1.82, 2.24) is 10.2 Å². The van der Waals surface area contributed by atoms with Gasteiger partial charge in [0.05, 0.1) is 12.0 Å². The Balaban J connectivity index is 1.44. The number of likely N-dealkylation sites (tertiary alicyclic amines) is 1. The second-order valence-corrected chi connectivity index (χ2v) is 9.46. The number of aryl methyl sites for hydroxylation is 1. The Labute approximate surface area is 189 Å². The van der Waals surface area contributed by atoms with Crippen molar-refractivity contribution in [2.75, 3.05) is 27.3 Å². The lowest BCUT2D eigenvalue weighted by molar-refractivity contribution is -0.159. The number of hydrogen-bond acceptors (Lipinski definition) is 6. The molecule has 1 aliphatic carbocycles. The van der Waals surface area contributed by atoms with Gasteiger partial charge in [0.2, 0.25) is 5.91 Å². The van der Waals surface area contributed by atoms with Gasteiger partial charge in [0.25, 0.3) is 0 Å². The van der Waals surface area contributed by atoms with E-state index < -0.39 is 18.2 Å². The number of fused-ring (bicyclic) bond motifs is 1. The summed E-state index contributed by atoms with van der Waals surface area (Å²) < 4.78 is 10.8. The molecule has 0 saturated carbocycles. The molecule has 6 nitrogen and oxygen atoms in total. The van der Waals surface area contributed by atoms with E-state index in [1.54, 1.807) is 14.2 Å². The first kappa shape index (κ1) is 22.5. The molecule has 1 amide bonds. The first-order chi connectivity index (χ1) is 15.0. The second kappa shape index (κ2) is 9.86. The number of rotatable bonds is 7. The molecule has 1 unspecified atom stereocenters. The van der Waals surface area contributed by atoms with Crippen LogP contribution in [-0.4, -0.2) is 67.1 Å². The summed E-state index contributed by atoms with van der Waals surface area (Å²) in [6.45, 7) is 1.09. The summed E-state index contributed by atoms with van der Waals surface area (Å²) in [7, 11) is 3.18. The number of thiocarbonyl (C=S) groups is 1. The number of carbonyl (C=O) groups is 2. The summed E-state index contributed by atoms with van der Waals surface area (Å²) in [5.41, 5.74) is 2.74. The van der Waals surface area contributed by atoms with Gasteiger partial charge in [0.1, 0.15) is 11.8 Å². The van der Waals surface area contributed by atoms with Crippen molar-refractivity contribution in [3.8, 4) is 0 Å². The minimum Gasteiger partial charge on any atom is -0.354 e. The van der Waals surface area contributed by atoms with E-state index in [0.717, 1.165) is 32.1 Å². The largest absolute Gasteiger partial charge is 0.354 e. The van der Waals surface area contributed by atoms with Gasteiger partial charge in [-0.25, -0.2) is 0 Å². The van der Waals surface area contributed by atoms with E-state index in [1.165, 1.54) is 11.1 Å². The molecule has 2 fully saturated rings. The second-order valence-electron chi connectivity index (χ2n) is 8.93. The molecule has 2 heterocycles. The normalized spacial score (nSPS) is 28.2. The van der Waals surface area contributed by atoms with Gasteiger partial charge in [0, 0.05) is 38.6 Å². The standard InChI is InChI=1S/C24H32N2O4S/c1-29-24(30-2)18-8-5-11-26(18)23(28)22-21(20(31)14-25-22)19(27)13-15-9-10-16-6-3-4-7-17(16)12-15/h3-4,6-7,15,18,21-22,24-25H,5,8-14H2,1-2H3/t15-,18+,21?,22+/m1/s1. The van der Waals surface area contributed by atoms with Crippen molar-refractivity contribution in [2.24, 2.45) is 11.8 Å². The Hall–Kier alpha value is -1.67. The maximum Gasteiger partial charge on any atom is 0.241 e. The van der Waals surface area contributed by atoms with Gasteiger partial charge < -0.3 is 19.7 Å². The van der Waals surface area contributed by atoms with Crippen molar-refractivity contribution in [2.45, 2.75) is 56.9 Å². The molecule has 1 aromatic rings. The SMILES string of the molecule is COC(OC)[C@@H]1CCCN1C(=O)[C@H]1NCC(=S)C1C(=O)C[C@@H]1CCc2ccccc2C1. The van der Waals surface area contributed by atoms with Crippen LogP contribution in [0.5, 0.6) is 0 Å². The number of nitrogens with zero attached hydrogens (tertiary/aromatic N) is 1. The van der Waals surface area contributed by atoms with Crippen LogP contribution < -0.4 is 5.32 Å². The Morgan fingerprint density at radius 1 is 1.19 bits per heavy atom. The molecule has 1 N–H and O–H groups in total. The highest BCUT2D eigenvalue weighted by molar-refractivity contribution is 7.80. The number of carbonyl (C=O) groups excluding carboxylic acids is 2. The zero-order valence-corrected chi connectivity index (χ0v) is 19.2. The van der Waals surface area contributed by atoms with Gasteiger partial charge in [-0.15, -0.1) is 0 Å². The van der Waals surface area contributed by atoms with Gasteiger partial charge >= 0.3 is 0 Å². The highest BCUT2D eigenvalue weighted by Crippen LogP contribution is 2.31. The molecular formula is C24H32N2O4S. The lowest BCUT2D eigenvalue weighted by Crippen LogP contribution is -2.53. The fourth-order valence-corrected chi connectivity index (χ4v) is 5.87. The van der Waals surface area contributed by atoms with Gasteiger partial charge in [0.15, 0.2) is 6.29 Å². The monoisotopic (exact) mass is 444 g/mol. The lowest BCUT2D eigenvalue weighted by Gasteiger charge is -2.33. The van der Waals surface area contributed by atoms with Crippen LogP contribution in [0.15, 0.2) is 24.3 Å². The summed E-state index contributed by atoms with van der Waals surface area (Å²) >= 11 is 5.54.